The van der Waals surface area contributed by atoms with Crippen molar-refractivity contribution < 1.29 is 0 Å². The summed E-state index contributed by atoms with van der Waals surface area (Å²) >= 11 is 5.84. The van der Waals surface area contributed by atoms with Crippen LogP contribution in [0.1, 0.15) is 19.4 Å². The largest absolute Gasteiger partial charge is 0.372 e. The number of hydrogen-bond donors (Lipinski definition) is 2. The average molecular weight is 320 g/mol. The molecular formula is C15H18ClN5O. The van der Waals surface area contributed by atoms with Crippen LogP contribution in [-0.2, 0) is 0 Å². The van der Waals surface area contributed by atoms with E-state index in [1.54, 1.807) is 6.21 Å². The molecule has 1 aromatic heterocycles. The molecule has 0 atom stereocenters. The minimum absolute atomic E-state index is 0.0315. The van der Waals surface area contributed by atoms with Crippen LogP contribution in [0, 0.1) is 0 Å². The van der Waals surface area contributed by atoms with Gasteiger partial charge in [-0.15, -0.1) is 0 Å². The Morgan fingerprint density at radius 2 is 2.00 bits per heavy atom. The molecule has 1 aromatic carbocycles. The fourth-order valence-corrected chi connectivity index (χ4v) is 2.13. The molecule has 0 spiro atoms. The number of rotatable bonds is 6. The number of aromatic amines is 1. The topological polar surface area (TPSA) is 73.4 Å². The highest BCUT2D eigenvalue weighted by molar-refractivity contribution is 6.32. The Labute approximate surface area is 133 Å². The van der Waals surface area contributed by atoms with Crippen LogP contribution < -0.4 is 15.9 Å². The number of aromatic nitrogens is 2. The van der Waals surface area contributed by atoms with Gasteiger partial charge in [-0.05, 0) is 31.5 Å². The number of H-pyrrole nitrogens is 1. The Balaban J connectivity index is 2.04. The molecule has 1 heterocycles. The zero-order valence-corrected chi connectivity index (χ0v) is 13.3. The van der Waals surface area contributed by atoms with Crippen molar-refractivity contribution in [3.63, 3.8) is 0 Å². The molecule has 6 nitrogen and oxygen atoms in total. The van der Waals surface area contributed by atoms with Gasteiger partial charge in [-0.2, -0.15) is 10.2 Å². The van der Waals surface area contributed by atoms with Crippen LogP contribution >= 0.6 is 11.6 Å². The summed E-state index contributed by atoms with van der Waals surface area (Å²) < 4.78 is 0. The summed E-state index contributed by atoms with van der Waals surface area (Å²) in [5.74, 6) is 0. The third-order valence-electron chi connectivity index (χ3n) is 3.22. The zero-order chi connectivity index (χ0) is 15.9. The summed E-state index contributed by atoms with van der Waals surface area (Å²) in [7, 11) is 0. The number of hydrazone groups is 1. The van der Waals surface area contributed by atoms with Crippen molar-refractivity contribution in [2.75, 3.05) is 23.4 Å². The molecule has 0 aliphatic heterocycles. The van der Waals surface area contributed by atoms with Gasteiger partial charge in [-0.25, -0.2) is 5.10 Å². The van der Waals surface area contributed by atoms with Crippen molar-refractivity contribution in [3.8, 4) is 0 Å². The van der Waals surface area contributed by atoms with E-state index >= 15 is 0 Å². The highest BCUT2D eigenvalue weighted by Crippen LogP contribution is 2.15. The summed E-state index contributed by atoms with van der Waals surface area (Å²) in [4.78, 5) is 13.5. The molecule has 2 rings (SSSR count). The Morgan fingerprint density at radius 1 is 1.32 bits per heavy atom. The molecule has 0 radical (unpaired) electrons. The van der Waals surface area contributed by atoms with Crippen molar-refractivity contribution in [3.05, 3.63) is 51.4 Å². The number of nitrogens with zero attached hydrogens (tertiary/aromatic N) is 3. The first-order valence-electron chi connectivity index (χ1n) is 7.03. The van der Waals surface area contributed by atoms with E-state index in [4.69, 9.17) is 11.6 Å². The summed E-state index contributed by atoms with van der Waals surface area (Å²) in [6.45, 7) is 6.20. The lowest BCUT2D eigenvalue weighted by molar-refractivity contribution is 0.866. The van der Waals surface area contributed by atoms with Gasteiger partial charge in [-0.3, -0.25) is 10.2 Å². The van der Waals surface area contributed by atoms with Crippen LogP contribution in [0.15, 0.2) is 40.4 Å². The summed E-state index contributed by atoms with van der Waals surface area (Å²) in [5.41, 5.74) is 4.74. The van der Waals surface area contributed by atoms with Gasteiger partial charge in [-0.1, -0.05) is 23.7 Å². The normalized spacial score (nSPS) is 10.9. The molecule has 0 aliphatic carbocycles. The molecule has 0 saturated carbocycles. The highest BCUT2D eigenvalue weighted by atomic mass is 35.5. The molecule has 2 N–H and O–H groups in total. The van der Waals surface area contributed by atoms with Gasteiger partial charge in [0.2, 0.25) is 0 Å². The number of hydrogen-bond acceptors (Lipinski definition) is 5. The summed E-state index contributed by atoms with van der Waals surface area (Å²) in [5, 5.41) is 9.99. The van der Waals surface area contributed by atoms with Crippen LogP contribution in [0.5, 0.6) is 0 Å². The van der Waals surface area contributed by atoms with Crippen LogP contribution in [-0.4, -0.2) is 29.5 Å². The zero-order valence-electron chi connectivity index (χ0n) is 12.5. The fourth-order valence-electron chi connectivity index (χ4n) is 2.00. The molecule has 0 bridgehead atoms. The van der Waals surface area contributed by atoms with E-state index in [1.165, 1.54) is 11.9 Å². The lowest BCUT2D eigenvalue weighted by atomic mass is 10.2. The second-order valence-corrected chi connectivity index (χ2v) is 4.94. The van der Waals surface area contributed by atoms with Crippen molar-refractivity contribution in [2.45, 2.75) is 13.8 Å². The molecule has 0 saturated heterocycles. The maximum atomic E-state index is 11.3. The first-order valence-corrected chi connectivity index (χ1v) is 7.40. The van der Waals surface area contributed by atoms with E-state index in [2.05, 4.69) is 51.6 Å². The van der Waals surface area contributed by atoms with Crippen molar-refractivity contribution in [1.29, 1.82) is 0 Å². The van der Waals surface area contributed by atoms with Gasteiger partial charge in [0.15, 0.2) is 0 Å². The van der Waals surface area contributed by atoms with Gasteiger partial charge in [0.1, 0.15) is 10.7 Å². The SMILES string of the molecule is CCN(CC)c1ccc(/C=N/Nc2cn[nH]c(=O)c2Cl)cc1. The number of nitrogens with one attached hydrogen (secondary N) is 2. The van der Waals surface area contributed by atoms with Crippen LogP contribution in [0.25, 0.3) is 0 Å². The van der Waals surface area contributed by atoms with Crippen LogP contribution in [0.3, 0.4) is 0 Å². The van der Waals surface area contributed by atoms with E-state index in [0.717, 1.165) is 18.7 Å². The number of anilines is 2. The third-order valence-corrected chi connectivity index (χ3v) is 3.59. The van der Waals surface area contributed by atoms with Crippen molar-refractivity contribution >= 4 is 29.2 Å². The van der Waals surface area contributed by atoms with Crippen molar-refractivity contribution in [1.82, 2.24) is 10.2 Å². The average Bonchev–Trinajstić information content (AvgIpc) is 2.54. The van der Waals surface area contributed by atoms with E-state index in [9.17, 15) is 4.79 Å². The molecule has 7 heteroatoms. The number of benzene rings is 1. The second kappa shape index (κ2) is 7.61. The smallest absolute Gasteiger partial charge is 0.285 e. The second-order valence-electron chi connectivity index (χ2n) is 4.56. The molecule has 116 valence electrons. The van der Waals surface area contributed by atoms with Crippen molar-refractivity contribution in [2.24, 2.45) is 5.10 Å². The summed E-state index contributed by atoms with van der Waals surface area (Å²) in [6.07, 6.45) is 3.06. The predicted molar refractivity (Wildman–Crippen MR) is 91.1 cm³/mol. The molecule has 0 unspecified atom stereocenters. The van der Waals surface area contributed by atoms with Gasteiger partial charge < -0.3 is 4.90 Å². The molecule has 22 heavy (non-hydrogen) atoms. The minimum atomic E-state index is -0.453. The van der Waals surface area contributed by atoms with Gasteiger partial charge in [0.25, 0.3) is 5.56 Å². The quantitative estimate of drug-likeness (QED) is 0.634. The Kier molecular flexibility index (Phi) is 5.55. The highest BCUT2D eigenvalue weighted by Gasteiger charge is 2.03. The van der Waals surface area contributed by atoms with Crippen LogP contribution in [0.4, 0.5) is 11.4 Å². The fraction of sp³-hybridized carbons (Fsp3) is 0.267. The lowest BCUT2D eigenvalue weighted by Gasteiger charge is -2.20. The maximum Gasteiger partial charge on any atom is 0.285 e. The maximum absolute atomic E-state index is 11.3. The Morgan fingerprint density at radius 3 is 2.64 bits per heavy atom. The Bertz CT molecular complexity index is 692. The Hall–Kier alpha value is -2.34. The number of halogens is 1. The summed E-state index contributed by atoms with van der Waals surface area (Å²) in [6, 6.07) is 8.07. The van der Waals surface area contributed by atoms with E-state index < -0.39 is 5.56 Å². The first kappa shape index (κ1) is 16.0. The molecule has 0 amide bonds. The van der Waals surface area contributed by atoms with Gasteiger partial charge in [0.05, 0.1) is 12.4 Å². The monoisotopic (exact) mass is 319 g/mol. The van der Waals surface area contributed by atoms with Gasteiger partial charge >= 0.3 is 0 Å². The minimum Gasteiger partial charge on any atom is -0.372 e. The molecule has 2 aromatic rings. The third kappa shape index (κ3) is 3.85. The predicted octanol–water partition coefficient (Wildman–Crippen LogP) is 2.72. The van der Waals surface area contributed by atoms with E-state index in [-0.39, 0.29) is 5.02 Å². The lowest BCUT2D eigenvalue weighted by Crippen LogP contribution is -2.21. The van der Waals surface area contributed by atoms with E-state index in [0.29, 0.717) is 5.69 Å². The first-order chi connectivity index (χ1) is 10.7. The standard InChI is InChI=1S/C15H18ClN5O/c1-3-21(4-2)12-7-5-11(6-8-12)9-17-19-13-10-18-20-15(22)14(13)16/h5-10H,3-4H2,1-2H3,(H2,19,20,22)/b17-9+. The van der Waals surface area contributed by atoms with E-state index in [1.807, 2.05) is 12.1 Å². The molecular weight excluding hydrogens is 302 g/mol. The molecule has 0 fully saturated rings. The molecule has 0 aliphatic rings. The van der Waals surface area contributed by atoms with Gasteiger partial charge in [0, 0.05) is 18.8 Å². The van der Waals surface area contributed by atoms with Crippen LogP contribution in [0.2, 0.25) is 5.02 Å².